The number of nitrogens with zero attached hydrogens (tertiary/aromatic N) is 1. The highest BCUT2D eigenvalue weighted by Gasteiger charge is 2.28. The molecule has 0 aromatic heterocycles. The van der Waals surface area contributed by atoms with Gasteiger partial charge in [-0.25, -0.2) is 4.99 Å². The van der Waals surface area contributed by atoms with E-state index in [1.54, 1.807) is 0 Å². The Morgan fingerprint density at radius 2 is 2.00 bits per heavy atom. The fourth-order valence-electron chi connectivity index (χ4n) is 2.00. The maximum atomic E-state index is 5.68. The summed E-state index contributed by atoms with van der Waals surface area (Å²) < 4.78 is 6.74. The second-order valence-corrected chi connectivity index (χ2v) is 5.91. The number of halogens is 1. The molecule has 1 N–H and O–H groups in total. The number of ether oxygens (including phenoxy) is 1. The van der Waals surface area contributed by atoms with Crippen molar-refractivity contribution in [2.75, 3.05) is 5.32 Å². The monoisotopic (exact) mass is 296 g/mol. The molecule has 4 heteroatoms. The average molecular weight is 297 g/mol. The maximum Gasteiger partial charge on any atom is 0.289 e. The molecule has 1 aliphatic rings. The van der Waals surface area contributed by atoms with E-state index in [0.717, 1.165) is 16.6 Å². The Balaban J connectivity index is 2.13. The van der Waals surface area contributed by atoms with Crippen molar-refractivity contribution in [2.24, 2.45) is 4.99 Å². The first kappa shape index (κ1) is 12.4. The first-order chi connectivity index (χ1) is 7.94. The van der Waals surface area contributed by atoms with Crippen LogP contribution < -0.4 is 5.32 Å². The standard InChI is InChI=1S/C13H17BrN2O/c1-9-8-13(2,3)16-12(17-9)15-11-6-4-10(14)5-7-11/h4-7,9H,8H2,1-3H3,(H,15,16). The van der Waals surface area contributed by atoms with Gasteiger partial charge in [0.05, 0.1) is 5.54 Å². The molecule has 0 amide bonds. The van der Waals surface area contributed by atoms with Crippen molar-refractivity contribution < 1.29 is 4.74 Å². The van der Waals surface area contributed by atoms with E-state index >= 15 is 0 Å². The Hall–Kier alpha value is -1.03. The normalized spacial score (nSPS) is 22.6. The molecule has 2 rings (SSSR count). The summed E-state index contributed by atoms with van der Waals surface area (Å²) in [6, 6.07) is 8.56. The molecule has 1 aliphatic heterocycles. The molecule has 3 nitrogen and oxygen atoms in total. The van der Waals surface area contributed by atoms with E-state index in [-0.39, 0.29) is 11.6 Å². The van der Waals surface area contributed by atoms with Gasteiger partial charge in [0, 0.05) is 16.6 Å². The zero-order valence-electron chi connectivity index (χ0n) is 10.3. The lowest BCUT2D eigenvalue weighted by atomic mass is 9.97. The molecule has 17 heavy (non-hydrogen) atoms. The van der Waals surface area contributed by atoms with Crippen molar-refractivity contribution in [1.82, 2.24) is 0 Å². The fourth-order valence-corrected chi connectivity index (χ4v) is 2.26. The molecule has 0 saturated heterocycles. The molecule has 0 radical (unpaired) electrons. The molecule has 0 spiro atoms. The van der Waals surface area contributed by atoms with Crippen LogP contribution in [0.3, 0.4) is 0 Å². The van der Waals surface area contributed by atoms with Crippen LogP contribution in [0.25, 0.3) is 0 Å². The summed E-state index contributed by atoms with van der Waals surface area (Å²) in [7, 11) is 0. The summed E-state index contributed by atoms with van der Waals surface area (Å²) in [6.45, 7) is 6.31. The number of amidine groups is 1. The van der Waals surface area contributed by atoms with Crippen LogP contribution in [0.5, 0.6) is 0 Å². The second kappa shape index (κ2) is 4.69. The number of anilines is 1. The van der Waals surface area contributed by atoms with Gasteiger partial charge in [-0.1, -0.05) is 15.9 Å². The van der Waals surface area contributed by atoms with Crippen molar-refractivity contribution in [3.05, 3.63) is 28.7 Å². The van der Waals surface area contributed by atoms with E-state index in [4.69, 9.17) is 4.74 Å². The Kier molecular flexibility index (Phi) is 3.43. The SMILES string of the molecule is CC1CC(C)(C)N=C(Nc2ccc(Br)cc2)O1. The highest BCUT2D eigenvalue weighted by Crippen LogP contribution is 2.24. The second-order valence-electron chi connectivity index (χ2n) is 4.99. The Morgan fingerprint density at radius 3 is 2.59 bits per heavy atom. The third-order valence-corrected chi connectivity index (χ3v) is 3.13. The van der Waals surface area contributed by atoms with Crippen molar-refractivity contribution in [1.29, 1.82) is 0 Å². The number of nitrogens with one attached hydrogen (secondary N) is 1. The van der Waals surface area contributed by atoms with Gasteiger partial charge in [0.1, 0.15) is 6.10 Å². The summed E-state index contributed by atoms with van der Waals surface area (Å²) >= 11 is 3.41. The lowest BCUT2D eigenvalue weighted by molar-refractivity contribution is 0.144. The molecule has 92 valence electrons. The van der Waals surface area contributed by atoms with E-state index in [1.165, 1.54) is 0 Å². The van der Waals surface area contributed by atoms with Crippen LogP contribution in [0, 0.1) is 0 Å². The van der Waals surface area contributed by atoms with E-state index in [2.05, 4.69) is 47.0 Å². The highest BCUT2D eigenvalue weighted by molar-refractivity contribution is 9.10. The van der Waals surface area contributed by atoms with Gasteiger partial charge >= 0.3 is 0 Å². The molecular formula is C13H17BrN2O. The largest absolute Gasteiger partial charge is 0.462 e. The number of hydrogen-bond donors (Lipinski definition) is 1. The van der Waals surface area contributed by atoms with Crippen molar-refractivity contribution >= 4 is 27.6 Å². The number of rotatable bonds is 1. The van der Waals surface area contributed by atoms with Crippen LogP contribution in [0.15, 0.2) is 33.7 Å². The zero-order chi connectivity index (χ0) is 12.5. The van der Waals surface area contributed by atoms with Gasteiger partial charge in [-0.15, -0.1) is 0 Å². The molecule has 0 bridgehead atoms. The Morgan fingerprint density at radius 1 is 1.35 bits per heavy atom. The maximum absolute atomic E-state index is 5.68. The van der Waals surface area contributed by atoms with Gasteiger partial charge in [-0.05, 0) is 45.0 Å². The minimum atomic E-state index is -0.0602. The van der Waals surface area contributed by atoms with Gasteiger partial charge in [-0.2, -0.15) is 0 Å². The first-order valence-electron chi connectivity index (χ1n) is 5.74. The van der Waals surface area contributed by atoms with Crippen LogP contribution in [-0.2, 0) is 4.74 Å². The van der Waals surface area contributed by atoms with Gasteiger partial charge < -0.3 is 10.1 Å². The van der Waals surface area contributed by atoms with Crippen LogP contribution in [0.4, 0.5) is 5.69 Å². The Bertz CT molecular complexity index is 426. The summed E-state index contributed by atoms with van der Waals surface area (Å²) in [5.74, 6) is 0. The van der Waals surface area contributed by atoms with Gasteiger partial charge in [0.25, 0.3) is 6.02 Å². The van der Waals surface area contributed by atoms with Crippen molar-refractivity contribution in [3.63, 3.8) is 0 Å². The molecule has 1 heterocycles. The number of benzene rings is 1. The summed E-state index contributed by atoms with van der Waals surface area (Å²) in [4.78, 5) is 4.55. The molecule has 0 saturated carbocycles. The summed E-state index contributed by atoms with van der Waals surface area (Å²) in [5, 5.41) is 3.20. The third kappa shape index (κ3) is 3.46. The van der Waals surface area contributed by atoms with Crippen LogP contribution >= 0.6 is 15.9 Å². The quantitative estimate of drug-likeness (QED) is 0.855. The topological polar surface area (TPSA) is 33.6 Å². The van der Waals surface area contributed by atoms with Crippen LogP contribution in [-0.4, -0.2) is 17.7 Å². The van der Waals surface area contributed by atoms with E-state index in [1.807, 2.05) is 24.3 Å². The zero-order valence-corrected chi connectivity index (χ0v) is 11.9. The smallest absolute Gasteiger partial charge is 0.289 e. The summed E-state index contributed by atoms with van der Waals surface area (Å²) in [6.07, 6.45) is 1.14. The predicted octanol–water partition coefficient (Wildman–Crippen LogP) is 3.80. The first-order valence-corrected chi connectivity index (χ1v) is 6.53. The molecule has 0 fully saturated rings. The highest BCUT2D eigenvalue weighted by atomic mass is 79.9. The molecule has 1 aromatic carbocycles. The third-order valence-electron chi connectivity index (χ3n) is 2.60. The van der Waals surface area contributed by atoms with E-state index < -0.39 is 0 Å². The fraction of sp³-hybridized carbons (Fsp3) is 0.462. The van der Waals surface area contributed by atoms with Crippen molar-refractivity contribution in [3.8, 4) is 0 Å². The molecular weight excluding hydrogens is 280 g/mol. The van der Waals surface area contributed by atoms with Gasteiger partial charge in [0.15, 0.2) is 0 Å². The van der Waals surface area contributed by atoms with E-state index in [0.29, 0.717) is 6.02 Å². The molecule has 1 atom stereocenters. The molecule has 1 unspecified atom stereocenters. The van der Waals surface area contributed by atoms with Crippen molar-refractivity contribution in [2.45, 2.75) is 38.8 Å². The van der Waals surface area contributed by atoms with Crippen LogP contribution in [0.1, 0.15) is 27.2 Å². The number of aliphatic imine (C=N–C) groups is 1. The molecule has 0 aliphatic carbocycles. The predicted molar refractivity (Wildman–Crippen MR) is 74.4 cm³/mol. The minimum Gasteiger partial charge on any atom is -0.462 e. The van der Waals surface area contributed by atoms with Crippen LogP contribution in [0.2, 0.25) is 0 Å². The Labute approximate surface area is 110 Å². The minimum absolute atomic E-state index is 0.0602. The average Bonchev–Trinajstić information content (AvgIpc) is 2.18. The van der Waals surface area contributed by atoms with Gasteiger partial charge in [-0.3, -0.25) is 0 Å². The number of hydrogen-bond acceptors (Lipinski definition) is 3. The summed E-state index contributed by atoms with van der Waals surface area (Å²) in [5.41, 5.74) is 0.923. The van der Waals surface area contributed by atoms with Gasteiger partial charge in [0.2, 0.25) is 0 Å². The lowest BCUT2D eigenvalue weighted by Crippen LogP contribution is -2.36. The molecule has 1 aromatic rings. The van der Waals surface area contributed by atoms with E-state index in [9.17, 15) is 0 Å². The lowest BCUT2D eigenvalue weighted by Gasteiger charge is -2.31.